The minimum Gasteiger partial charge on any atom is -0.496 e. The van der Waals surface area contributed by atoms with Gasteiger partial charge in [0, 0.05) is 12.1 Å². The highest BCUT2D eigenvalue weighted by atomic mass is 16.5. The Morgan fingerprint density at radius 3 is 2.20 bits per heavy atom. The molecule has 1 atom stereocenters. The number of nitrogens with one attached hydrogen (secondary N) is 1. The molecule has 0 bridgehead atoms. The topological polar surface area (TPSA) is 56.8 Å². The van der Waals surface area contributed by atoms with Crippen molar-refractivity contribution in [1.29, 1.82) is 0 Å². The van der Waals surface area contributed by atoms with Crippen LogP contribution < -0.4 is 19.5 Å². The molecule has 0 saturated heterocycles. The van der Waals surface area contributed by atoms with Crippen LogP contribution in [0.1, 0.15) is 23.7 Å². The molecule has 1 unspecified atom stereocenters. The average molecular weight is 277 g/mol. The summed E-state index contributed by atoms with van der Waals surface area (Å²) in [7, 11) is 4.50. The van der Waals surface area contributed by atoms with Crippen LogP contribution in [0.4, 0.5) is 0 Å². The highest BCUT2D eigenvalue weighted by Gasteiger charge is 2.19. The van der Waals surface area contributed by atoms with Crippen LogP contribution in [-0.2, 0) is 0 Å². The number of methoxy groups -OCH3 is 3. The van der Waals surface area contributed by atoms with Crippen molar-refractivity contribution in [3.63, 3.8) is 0 Å². The van der Waals surface area contributed by atoms with Gasteiger partial charge in [0.1, 0.15) is 5.75 Å². The van der Waals surface area contributed by atoms with E-state index in [1.807, 2.05) is 6.92 Å². The van der Waals surface area contributed by atoms with Gasteiger partial charge in [0.15, 0.2) is 11.5 Å². The molecule has 1 aromatic rings. The Labute approximate surface area is 119 Å². The van der Waals surface area contributed by atoms with Crippen LogP contribution in [-0.4, -0.2) is 33.3 Å². The third kappa shape index (κ3) is 3.35. The third-order valence-electron chi connectivity index (χ3n) is 2.87. The summed E-state index contributed by atoms with van der Waals surface area (Å²) in [6, 6.07) is 2.85. The van der Waals surface area contributed by atoms with E-state index in [0.717, 1.165) is 0 Å². The Morgan fingerprint density at radius 1 is 1.20 bits per heavy atom. The largest absolute Gasteiger partial charge is 0.496 e. The SMILES string of the molecule is C#CC(CC)NC(=O)c1cc(OC)c(OC)cc1OC. The molecule has 5 heteroatoms. The monoisotopic (exact) mass is 277 g/mol. The Kier molecular flexibility index (Phi) is 5.73. The summed E-state index contributed by atoms with van der Waals surface area (Å²) in [6.45, 7) is 1.90. The normalized spacial score (nSPS) is 11.2. The van der Waals surface area contributed by atoms with Crippen molar-refractivity contribution in [3.05, 3.63) is 17.7 Å². The summed E-state index contributed by atoms with van der Waals surface area (Å²) >= 11 is 0. The lowest BCUT2D eigenvalue weighted by atomic mass is 10.1. The van der Waals surface area contributed by atoms with Crippen molar-refractivity contribution in [2.45, 2.75) is 19.4 Å². The Bertz CT molecular complexity index is 519. The van der Waals surface area contributed by atoms with Crippen LogP contribution in [0.15, 0.2) is 12.1 Å². The second-order valence-corrected chi connectivity index (χ2v) is 4.01. The summed E-state index contributed by atoms with van der Waals surface area (Å²) in [6.07, 6.45) is 5.99. The molecule has 20 heavy (non-hydrogen) atoms. The van der Waals surface area contributed by atoms with Crippen molar-refractivity contribution in [3.8, 4) is 29.6 Å². The fraction of sp³-hybridized carbons (Fsp3) is 0.400. The Hall–Kier alpha value is -2.35. The Morgan fingerprint density at radius 2 is 1.75 bits per heavy atom. The predicted octanol–water partition coefficient (Wildman–Crippen LogP) is 1.85. The molecule has 5 nitrogen and oxygen atoms in total. The molecule has 0 saturated carbocycles. The van der Waals surface area contributed by atoms with E-state index in [-0.39, 0.29) is 11.9 Å². The fourth-order valence-corrected chi connectivity index (χ4v) is 1.70. The maximum Gasteiger partial charge on any atom is 0.256 e. The van der Waals surface area contributed by atoms with Crippen molar-refractivity contribution in [2.24, 2.45) is 0 Å². The molecule has 0 aromatic heterocycles. The first kappa shape index (κ1) is 15.7. The number of hydrogen-bond acceptors (Lipinski definition) is 4. The van der Waals surface area contributed by atoms with E-state index in [1.54, 1.807) is 12.1 Å². The number of benzene rings is 1. The lowest BCUT2D eigenvalue weighted by molar-refractivity contribution is 0.0941. The van der Waals surface area contributed by atoms with E-state index < -0.39 is 0 Å². The number of hydrogen-bond donors (Lipinski definition) is 1. The molecule has 1 N–H and O–H groups in total. The quantitative estimate of drug-likeness (QED) is 0.806. The number of terminal acetylenes is 1. The van der Waals surface area contributed by atoms with E-state index in [4.69, 9.17) is 20.6 Å². The van der Waals surface area contributed by atoms with Crippen molar-refractivity contribution < 1.29 is 19.0 Å². The van der Waals surface area contributed by atoms with E-state index in [0.29, 0.717) is 29.2 Å². The number of amides is 1. The van der Waals surface area contributed by atoms with Crippen molar-refractivity contribution in [2.75, 3.05) is 21.3 Å². The molecule has 0 aliphatic carbocycles. The number of carbonyl (C=O) groups is 1. The lowest BCUT2D eigenvalue weighted by Crippen LogP contribution is -2.33. The zero-order valence-corrected chi connectivity index (χ0v) is 12.1. The highest BCUT2D eigenvalue weighted by molar-refractivity contribution is 5.98. The minimum absolute atomic E-state index is 0.312. The van der Waals surface area contributed by atoms with E-state index >= 15 is 0 Å². The first-order chi connectivity index (χ1) is 9.60. The molecule has 108 valence electrons. The summed E-state index contributed by atoms with van der Waals surface area (Å²) < 4.78 is 15.6. The molecular formula is C15H19NO4. The summed E-state index contributed by atoms with van der Waals surface area (Å²) in [5.74, 6) is 3.54. The van der Waals surface area contributed by atoms with Gasteiger partial charge in [0.05, 0.1) is 32.9 Å². The fourth-order valence-electron chi connectivity index (χ4n) is 1.70. The van der Waals surface area contributed by atoms with E-state index in [9.17, 15) is 4.79 Å². The maximum atomic E-state index is 12.2. The van der Waals surface area contributed by atoms with Gasteiger partial charge in [-0.3, -0.25) is 4.79 Å². The zero-order valence-electron chi connectivity index (χ0n) is 12.1. The highest BCUT2D eigenvalue weighted by Crippen LogP contribution is 2.34. The predicted molar refractivity (Wildman–Crippen MR) is 76.5 cm³/mol. The van der Waals surface area contributed by atoms with Gasteiger partial charge in [0.25, 0.3) is 5.91 Å². The standard InChI is InChI=1S/C15H19NO4/c1-6-10(7-2)16-15(17)11-8-13(19-4)14(20-5)9-12(11)18-3/h1,8-10H,7H2,2-5H3,(H,16,17). The van der Waals surface area contributed by atoms with Gasteiger partial charge in [-0.05, 0) is 6.42 Å². The second-order valence-electron chi connectivity index (χ2n) is 4.01. The summed E-state index contributed by atoms with van der Waals surface area (Å²) in [4.78, 5) is 12.2. The van der Waals surface area contributed by atoms with Gasteiger partial charge in [-0.1, -0.05) is 12.8 Å². The van der Waals surface area contributed by atoms with Gasteiger partial charge < -0.3 is 19.5 Å². The molecule has 0 aliphatic rings. The smallest absolute Gasteiger partial charge is 0.256 e. The molecule has 1 rings (SSSR count). The zero-order chi connectivity index (χ0) is 15.1. The second kappa shape index (κ2) is 7.29. The molecule has 1 amide bonds. The molecule has 0 fully saturated rings. The number of carbonyl (C=O) groups excluding carboxylic acids is 1. The van der Waals surface area contributed by atoms with Crippen LogP contribution in [0, 0.1) is 12.3 Å². The molecule has 0 heterocycles. The van der Waals surface area contributed by atoms with Crippen LogP contribution >= 0.6 is 0 Å². The van der Waals surface area contributed by atoms with Gasteiger partial charge in [0.2, 0.25) is 0 Å². The van der Waals surface area contributed by atoms with Crippen LogP contribution in [0.2, 0.25) is 0 Å². The van der Waals surface area contributed by atoms with Crippen LogP contribution in [0.25, 0.3) is 0 Å². The van der Waals surface area contributed by atoms with E-state index in [1.165, 1.54) is 21.3 Å². The van der Waals surface area contributed by atoms with Gasteiger partial charge in [-0.2, -0.15) is 0 Å². The van der Waals surface area contributed by atoms with Gasteiger partial charge in [-0.15, -0.1) is 6.42 Å². The van der Waals surface area contributed by atoms with Gasteiger partial charge in [-0.25, -0.2) is 0 Å². The number of rotatable bonds is 6. The summed E-state index contributed by atoms with van der Waals surface area (Å²) in [5, 5.41) is 2.74. The van der Waals surface area contributed by atoms with Crippen LogP contribution in [0.3, 0.4) is 0 Å². The Balaban J connectivity index is 3.16. The molecule has 1 aromatic carbocycles. The van der Waals surface area contributed by atoms with Crippen molar-refractivity contribution in [1.82, 2.24) is 5.32 Å². The molecular weight excluding hydrogens is 258 g/mol. The molecule has 0 aliphatic heterocycles. The first-order valence-corrected chi connectivity index (χ1v) is 6.18. The maximum absolute atomic E-state index is 12.2. The molecule has 0 radical (unpaired) electrons. The molecule has 0 spiro atoms. The summed E-state index contributed by atoms with van der Waals surface area (Å²) in [5.41, 5.74) is 0.346. The third-order valence-corrected chi connectivity index (χ3v) is 2.87. The first-order valence-electron chi connectivity index (χ1n) is 6.18. The van der Waals surface area contributed by atoms with Gasteiger partial charge >= 0.3 is 0 Å². The van der Waals surface area contributed by atoms with E-state index in [2.05, 4.69) is 11.2 Å². The lowest BCUT2D eigenvalue weighted by Gasteiger charge is -2.15. The average Bonchev–Trinajstić information content (AvgIpc) is 2.50. The van der Waals surface area contributed by atoms with Crippen molar-refractivity contribution >= 4 is 5.91 Å². The number of ether oxygens (including phenoxy) is 3. The minimum atomic E-state index is -0.319. The van der Waals surface area contributed by atoms with Crippen LogP contribution in [0.5, 0.6) is 17.2 Å².